The Balaban J connectivity index is 1.33. The zero-order chi connectivity index (χ0) is 17.4. The van der Waals surface area contributed by atoms with Gasteiger partial charge in [0, 0.05) is 38.6 Å². The Bertz CT molecular complexity index is 733. The summed E-state index contributed by atoms with van der Waals surface area (Å²) in [7, 11) is 4.35. The summed E-state index contributed by atoms with van der Waals surface area (Å²) in [6.07, 6.45) is 3.78. The minimum atomic E-state index is 0.603. The lowest BCUT2D eigenvalue weighted by Crippen LogP contribution is -2.34. The van der Waals surface area contributed by atoms with Crippen molar-refractivity contribution >= 4 is 0 Å². The molecule has 4 rings (SSSR count). The van der Waals surface area contributed by atoms with Crippen LogP contribution in [0.1, 0.15) is 48.0 Å². The van der Waals surface area contributed by atoms with Gasteiger partial charge in [-0.2, -0.15) is 0 Å². The van der Waals surface area contributed by atoms with Gasteiger partial charge < -0.3 is 4.57 Å². The summed E-state index contributed by atoms with van der Waals surface area (Å²) in [6, 6.07) is 9.47. The summed E-state index contributed by atoms with van der Waals surface area (Å²) in [5.74, 6) is 2.94. The van der Waals surface area contributed by atoms with Crippen molar-refractivity contribution < 1.29 is 0 Å². The van der Waals surface area contributed by atoms with Crippen LogP contribution < -0.4 is 0 Å². The van der Waals surface area contributed by atoms with Crippen LogP contribution in [0.25, 0.3) is 0 Å². The third kappa shape index (κ3) is 3.77. The van der Waals surface area contributed by atoms with Gasteiger partial charge in [-0.1, -0.05) is 29.8 Å². The molecule has 25 heavy (non-hydrogen) atoms. The number of benzene rings is 1. The van der Waals surface area contributed by atoms with Gasteiger partial charge in [0.2, 0.25) is 0 Å². The van der Waals surface area contributed by atoms with Gasteiger partial charge >= 0.3 is 0 Å². The normalized spacial score (nSPS) is 21.4. The maximum absolute atomic E-state index is 4.44. The minimum absolute atomic E-state index is 0.603. The Labute approximate surface area is 150 Å². The number of aromatic nitrogens is 3. The Hall–Kier alpha value is -1.72. The number of aryl methyl sites for hydroxylation is 1. The molecule has 1 saturated carbocycles. The van der Waals surface area contributed by atoms with Gasteiger partial charge in [-0.05, 0) is 38.8 Å². The Morgan fingerprint density at radius 1 is 1.20 bits per heavy atom. The van der Waals surface area contributed by atoms with Crippen molar-refractivity contribution in [1.29, 1.82) is 0 Å². The molecule has 1 aromatic carbocycles. The molecule has 2 aliphatic rings. The van der Waals surface area contributed by atoms with Crippen LogP contribution in [0.5, 0.6) is 0 Å². The fourth-order valence-corrected chi connectivity index (χ4v) is 3.95. The van der Waals surface area contributed by atoms with Crippen molar-refractivity contribution in [3.8, 4) is 0 Å². The molecule has 5 nitrogen and oxygen atoms in total. The van der Waals surface area contributed by atoms with Gasteiger partial charge in [0.15, 0.2) is 0 Å². The van der Waals surface area contributed by atoms with Crippen LogP contribution >= 0.6 is 0 Å². The quantitative estimate of drug-likeness (QED) is 0.811. The van der Waals surface area contributed by atoms with E-state index < -0.39 is 0 Å². The Kier molecular flexibility index (Phi) is 4.61. The predicted octanol–water partition coefficient (Wildman–Crippen LogP) is 2.71. The second kappa shape index (κ2) is 6.89. The van der Waals surface area contributed by atoms with Crippen molar-refractivity contribution in [3.63, 3.8) is 0 Å². The van der Waals surface area contributed by atoms with Gasteiger partial charge in [0.05, 0.1) is 6.54 Å². The molecule has 0 unspecified atom stereocenters. The highest BCUT2D eigenvalue weighted by atomic mass is 15.3. The van der Waals surface area contributed by atoms with Crippen molar-refractivity contribution in [2.45, 2.75) is 51.2 Å². The first-order valence-corrected chi connectivity index (χ1v) is 9.46. The van der Waals surface area contributed by atoms with E-state index in [0.717, 1.165) is 25.5 Å². The third-order valence-electron chi connectivity index (χ3n) is 5.69. The molecule has 0 bridgehead atoms. The molecule has 0 N–H and O–H groups in total. The molecule has 2 fully saturated rings. The predicted molar refractivity (Wildman–Crippen MR) is 99.3 cm³/mol. The first-order chi connectivity index (χ1) is 12.1. The molecule has 5 heteroatoms. The van der Waals surface area contributed by atoms with E-state index in [2.05, 4.69) is 69.8 Å². The number of rotatable bonds is 6. The first-order valence-electron chi connectivity index (χ1n) is 9.46. The summed E-state index contributed by atoms with van der Waals surface area (Å²) in [6.45, 7) is 6.43. The highest BCUT2D eigenvalue weighted by molar-refractivity contribution is 5.22. The largest absolute Gasteiger partial charge is 0.317 e. The molecular weight excluding hydrogens is 310 g/mol. The van der Waals surface area contributed by atoms with Gasteiger partial charge in [-0.15, -0.1) is 10.2 Å². The molecule has 1 aliphatic carbocycles. The highest BCUT2D eigenvalue weighted by Crippen LogP contribution is 2.38. The van der Waals surface area contributed by atoms with Crippen LogP contribution in [-0.2, 0) is 20.1 Å². The second-order valence-corrected chi connectivity index (χ2v) is 7.89. The van der Waals surface area contributed by atoms with Crippen LogP contribution in [-0.4, -0.2) is 50.7 Å². The number of hydrogen-bond donors (Lipinski definition) is 0. The maximum atomic E-state index is 4.44. The van der Waals surface area contributed by atoms with Crippen LogP contribution in [0.2, 0.25) is 0 Å². The first kappa shape index (κ1) is 16.7. The van der Waals surface area contributed by atoms with Gasteiger partial charge in [0.1, 0.15) is 11.6 Å². The molecule has 1 aliphatic heterocycles. The summed E-state index contributed by atoms with van der Waals surface area (Å²) < 4.78 is 2.22. The number of nitrogens with zero attached hydrogens (tertiary/aromatic N) is 5. The van der Waals surface area contributed by atoms with Crippen LogP contribution in [0.15, 0.2) is 24.3 Å². The van der Waals surface area contributed by atoms with E-state index in [4.69, 9.17) is 0 Å². The lowest BCUT2D eigenvalue weighted by Gasteiger charge is -2.24. The molecule has 2 aromatic rings. The molecule has 1 saturated heterocycles. The van der Waals surface area contributed by atoms with Crippen LogP contribution in [0.3, 0.4) is 0 Å². The molecular formula is C20H29N5. The fourth-order valence-electron chi connectivity index (χ4n) is 3.95. The topological polar surface area (TPSA) is 37.2 Å². The lowest BCUT2D eigenvalue weighted by molar-refractivity contribution is 0.216. The second-order valence-electron chi connectivity index (χ2n) is 7.89. The minimum Gasteiger partial charge on any atom is -0.317 e. The van der Waals surface area contributed by atoms with Crippen molar-refractivity contribution in [2.75, 3.05) is 20.1 Å². The monoisotopic (exact) mass is 339 g/mol. The third-order valence-corrected chi connectivity index (χ3v) is 5.69. The summed E-state index contributed by atoms with van der Waals surface area (Å²) in [5, 5.41) is 8.85. The standard InChI is InChI=1S/C20H29N5/c1-15-5-4-6-16(11-15)12-25-10-9-18(13-25)23(2)14-19-21-22-20(24(19)3)17-7-8-17/h4-6,11,17-18H,7-10,12-14H2,1-3H3/t18-/m1/s1. The fraction of sp³-hybridized carbons (Fsp3) is 0.600. The molecule has 0 amide bonds. The van der Waals surface area contributed by atoms with E-state index in [1.807, 2.05) is 0 Å². The van der Waals surface area contributed by atoms with Gasteiger partial charge in [-0.25, -0.2) is 0 Å². The van der Waals surface area contributed by atoms with E-state index in [0.29, 0.717) is 12.0 Å². The summed E-state index contributed by atoms with van der Waals surface area (Å²) >= 11 is 0. The SMILES string of the molecule is Cc1cccc(CN2CC[C@@H](N(C)Cc3nnc(C4CC4)n3C)C2)c1. The molecule has 0 radical (unpaired) electrons. The van der Waals surface area contributed by atoms with Crippen LogP contribution in [0, 0.1) is 6.92 Å². The van der Waals surface area contributed by atoms with Gasteiger partial charge in [0.25, 0.3) is 0 Å². The molecule has 2 heterocycles. The van der Waals surface area contributed by atoms with Gasteiger partial charge in [-0.3, -0.25) is 9.80 Å². The van der Waals surface area contributed by atoms with Crippen LogP contribution in [0.4, 0.5) is 0 Å². The number of hydrogen-bond acceptors (Lipinski definition) is 4. The summed E-state index contributed by atoms with van der Waals surface area (Å²) in [4.78, 5) is 5.03. The smallest absolute Gasteiger partial charge is 0.146 e. The van der Waals surface area contributed by atoms with Crippen molar-refractivity contribution in [1.82, 2.24) is 24.6 Å². The van der Waals surface area contributed by atoms with E-state index in [1.54, 1.807) is 0 Å². The Morgan fingerprint density at radius 3 is 2.80 bits per heavy atom. The number of likely N-dealkylation sites (N-methyl/N-ethyl adjacent to an activating group) is 1. The molecule has 1 atom stereocenters. The van der Waals surface area contributed by atoms with E-state index in [-0.39, 0.29) is 0 Å². The maximum Gasteiger partial charge on any atom is 0.146 e. The zero-order valence-corrected chi connectivity index (χ0v) is 15.6. The van der Waals surface area contributed by atoms with Crippen molar-refractivity contribution in [2.24, 2.45) is 7.05 Å². The lowest BCUT2D eigenvalue weighted by atomic mass is 10.1. The van der Waals surface area contributed by atoms with Crippen molar-refractivity contribution in [3.05, 3.63) is 47.0 Å². The van der Waals surface area contributed by atoms with E-state index >= 15 is 0 Å². The highest BCUT2D eigenvalue weighted by Gasteiger charge is 2.30. The molecule has 0 spiro atoms. The average Bonchev–Trinajstić information content (AvgIpc) is 3.21. The Morgan fingerprint density at radius 2 is 2.04 bits per heavy atom. The van der Waals surface area contributed by atoms with E-state index in [9.17, 15) is 0 Å². The average molecular weight is 339 g/mol. The van der Waals surface area contributed by atoms with E-state index in [1.165, 1.54) is 42.8 Å². The molecule has 1 aromatic heterocycles. The summed E-state index contributed by atoms with van der Waals surface area (Å²) in [5.41, 5.74) is 2.77. The zero-order valence-electron chi connectivity index (χ0n) is 15.6. The number of likely N-dealkylation sites (tertiary alicyclic amines) is 1. The molecule has 134 valence electrons.